The van der Waals surface area contributed by atoms with E-state index in [0.29, 0.717) is 5.56 Å². The quantitative estimate of drug-likeness (QED) is 0.738. The smallest absolute Gasteiger partial charge is 0.336 e. The fourth-order valence-electron chi connectivity index (χ4n) is 2.31. The third-order valence-electron chi connectivity index (χ3n) is 3.38. The van der Waals surface area contributed by atoms with Gasteiger partial charge < -0.3 is 5.11 Å². The summed E-state index contributed by atoms with van der Waals surface area (Å²) in [5, 5.41) is 11.7. The van der Waals surface area contributed by atoms with Crippen LogP contribution in [0.4, 0.5) is 0 Å². The fraction of sp³-hybridized carbons (Fsp3) is 0.0556. The van der Waals surface area contributed by atoms with E-state index in [4.69, 9.17) is 0 Å². The fourth-order valence-corrected chi connectivity index (χ4v) is 3.36. The van der Waals surface area contributed by atoms with Crippen molar-refractivity contribution >= 4 is 28.5 Å². The first-order chi connectivity index (χ1) is 10.1. The molecule has 1 N–H and O–H groups in total. The van der Waals surface area contributed by atoms with Crippen molar-refractivity contribution in [2.24, 2.45) is 0 Å². The largest absolute Gasteiger partial charge is 0.478 e. The highest BCUT2D eigenvalue weighted by Crippen LogP contribution is 2.34. The molecule has 2 nitrogen and oxygen atoms in total. The van der Waals surface area contributed by atoms with Gasteiger partial charge in [0.1, 0.15) is 0 Å². The van der Waals surface area contributed by atoms with Crippen LogP contribution >= 0.6 is 11.8 Å². The van der Waals surface area contributed by atoms with Crippen molar-refractivity contribution in [2.45, 2.75) is 16.7 Å². The molecule has 0 spiro atoms. The van der Waals surface area contributed by atoms with Gasteiger partial charge in [-0.25, -0.2) is 4.79 Å². The van der Waals surface area contributed by atoms with Gasteiger partial charge in [0, 0.05) is 9.79 Å². The molecule has 0 radical (unpaired) electrons. The van der Waals surface area contributed by atoms with Gasteiger partial charge in [-0.3, -0.25) is 0 Å². The first-order valence-corrected chi connectivity index (χ1v) is 7.46. The molecule has 0 aliphatic rings. The second kappa shape index (κ2) is 5.62. The van der Waals surface area contributed by atoms with Crippen molar-refractivity contribution in [2.75, 3.05) is 0 Å². The Bertz CT molecular complexity index is 824. The van der Waals surface area contributed by atoms with Crippen molar-refractivity contribution in [1.82, 2.24) is 0 Å². The minimum absolute atomic E-state index is 0.355. The topological polar surface area (TPSA) is 37.3 Å². The predicted molar refractivity (Wildman–Crippen MR) is 86.2 cm³/mol. The van der Waals surface area contributed by atoms with E-state index in [1.807, 2.05) is 31.2 Å². The molecule has 0 atom stereocenters. The molecule has 0 aromatic heterocycles. The molecule has 3 rings (SSSR count). The lowest BCUT2D eigenvalue weighted by Gasteiger charge is -2.10. The van der Waals surface area contributed by atoms with Crippen LogP contribution in [-0.4, -0.2) is 11.1 Å². The van der Waals surface area contributed by atoms with Gasteiger partial charge in [0.05, 0.1) is 5.56 Å². The van der Waals surface area contributed by atoms with E-state index >= 15 is 0 Å². The standard InChI is InChI=1S/C18H14O2S/c1-12-5-4-8-16(18(19)20)17(12)21-15-10-9-13-6-2-3-7-14(13)11-15/h2-11H,1H3,(H,19,20). The normalized spacial score (nSPS) is 10.7. The maximum Gasteiger partial charge on any atom is 0.336 e. The number of aromatic carboxylic acids is 1. The zero-order valence-electron chi connectivity index (χ0n) is 11.5. The van der Waals surface area contributed by atoms with Crippen LogP contribution < -0.4 is 0 Å². The van der Waals surface area contributed by atoms with E-state index < -0.39 is 5.97 Å². The van der Waals surface area contributed by atoms with Crippen molar-refractivity contribution in [3.8, 4) is 0 Å². The van der Waals surface area contributed by atoms with E-state index in [0.717, 1.165) is 20.7 Å². The number of hydrogen-bond donors (Lipinski definition) is 1. The summed E-state index contributed by atoms with van der Waals surface area (Å²) in [6, 6.07) is 19.7. The summed E-state index contributed by atoms with van der Waals surface area (Å²) in [6.07, 6.45) is 0. The van der Waals surface area contributed by atoms with Crippen LogP contribution in [0.2, 0.25) is 0 Å². The molecule has 0 bridgehead atoms. The molecule has 104 valence electrons. The minimum Gasteiger partial charge on any atom is -0.478 e. The van der Waals surface area contributed by atoms with Crippen molar-refractivity contribution in [1.29, 1.82) is 0 Å². The molecule has 0 heterocycles. The van der Waals surface area contributed by atoms with E-state index in [-0.39, 0.29) is 0 Å². The third-order valence-corrected chi connectivity index (χ3v) is 4.62. The molecule has 0 amide bonds. The Hall–Kier alpha value is -2.26. The summed E-state index contributed by atoms with van der Waals surface area (Å²) in [7, 11) is 0. The lowest BCUT2D eigenvalue weighted by Crippen LogP contribution is -2.00. The number of fused-ring (bicyclic) bond motifs is 1. The van der Waals surface area contributed by atoms with Gasteiger partial charge >= 0.3 is 5.97 Å². The molecule has 0 unspecified atom stereocenters. The van der Waals surface area contributed by atoms with Crippen LogP contribution in [0.5, 0.6) is 0 Å². The molecule has 0 saturated carbocycles. The second-order valence-electron chi connectivity index (χ2n) is 4.87. The predicted octanol–water partition coefficient (Wildman–Crippen LogP) is 5.00. The molecule has 0 fully saturated rings. The highest BCUT2D eigenvalue weighted by atomic mass is 32.2. The molecule has 3 aromatic carbocycles. The van der Waals surface area contributed by atoms with Gasteiger partial charge in [-0.15, -0.1) is 0 Å². The van der Waals surface area contributed by atoms with E-state index in [1.165, 1.54) is 17.1 Å². The Labute approximate surface area is 127 Å². The monoisotopic (exact) mass is 294 g/mol. The third kappa shape index (κ3) is 2.78. The molecule has 0 saturated heterocycles. The lowest BCUT2D eigenvalue weighted by atomic mass is 10.1. The van der Waals surface area contributed by atoms with Crippen LogP contribution in [0.15, 0.2) is 70.5 Å². The minimum atomic E-state index is -0.887. The first kappa shape index (κ1) is 13.7. The van der Waals surface area contributed by atoms with Gasteiger partial charge in [-0.2, -0.15) is 0 Å². The Morgan fingerprint density at radius 1 is 0.952 bits per heavy atom. The molecule has 0 aliphatic heterocycles. The summed E-state index contributed by atoms with van der Waals surface area (Å²) in [5.74, 6) is -0.887. The van der Waals surface area contributed by atoms with E-state index in [9.17, 15) is 9.90 Å². The summed E-state index contributed by atoms with van der Waals surface area (Å²) >= 11 is 1.50. The van der Waals surface area contributed by atoms with E-state index in [2.05, 4.69) is 24.3 Å². The average molecular weight is 294 g/mol. The molecule has 21 heavy (non-hydrogen) atoms. The molecule has 0 aliphatic carbocycles. The second-order valence-corrected chi connectivity index (χ2v) is 5.95. The van der Waals surface area contributed by atoms with Crippen LogP contribution in [0.1, 0.15) is 15.9 Å². The van der Waals surface area contributed by atoms with Gasteiger partial charge in [-0.05, 0) is 41.5 Å². The summed E-state index contributed by atoms with van der Waals surface area (Å²) in [5.41, 5.74) is 1.33. The van der Waals surface area contributed by atoms with Crippen molar-refractivity contribution < 1.29 is 9.90 Å². The highest BCUT2D eigenvalue weighted by molar-refractivity contribution is 7.99. The lowest BCUT2D eigenvalue weighted by molar-refractivity contribution is 0.0693. The number of benzene rings is 3. The average Bonchev–Trinajstić information content (AvgIpc) is 2.49. The Kier molecular flexibility index (Phi) is 3.67. The molecular formula is C18H14O2S. The molecular weight excluding hydrogens is 280 g/mol. The summed E-state index contributed by atoms with van der Waals surface area (Å²) < 4.78 is 0. The maximum absolute atomic E-state index is 11.4. The van der Waals surface area contributed by atoms with Gasteiger partial charge in [0.2, 0.25) is 0 Å². The van der Waals surface area contributed by atoms with Gasteiger partial charge in [0.15, 0.2) is 0 Å². The highest BCUT2D eigenvalue weighted by Gasteiger charge is 2.13. The van der Waals surface area contributed by atoms with Crippen molar-refractivity contribution in [3.05, 3.63) is 71.8 Å². The summed E-state index contributed by atoms with van der Waals surface area (Å²) in [6.45, 7) is 1.94. The Balaban J connectivity index is 2.04. The zero-order valence-corrected chi connectivity index (χ0v) is 12.4. The Morgan fingerprint density at radius 3 is 2.48 bits per heavy atom. The summed E-state index contributed by atoms with van der Waals surface area (Å²) in [4.78, 5) is 13.2. The van der Waals surface area contributed by atoms with Crippen molar-refractivity contribution in [3.63, 3.8) is 0 Å². The van der Waals surface area contributed by atoms with Crippen LogP contribution in [0, 0.1) is 6.92 Å². The van der Waals surface area contributed by atoms with Gasteiger partial charge in [0.25, 0.3) is 0 Å². The number of carbonyl (C=O) groups is 1. The maximum atomic E-state index is 11.4. The molecule has 3 aromatic rings. The number of rotatable bonds is 3. The SMILES string of the molecule is Cc1cccc(C(=O)O)c1Sc1ccc2ccccc2c1. The Morgan fingerprint density at radius 2 is 1.71 bits per heavy atom. The van der Waals surface area contributed by atoms with Crippen LogP contribution in [0.3, 0.4) is 0 Å². The number of carboxylic acids is 1. The number of carboxylic acid groups (broad SMARTS) is 1. The molecule has 3 heteroatoms. The zero-order chi connectivity index (χ0) is 14.8. The number of aryl methyl sites for hydroxylation is 1. The van der Waals surface area contributed by atoms with E-state index in [1.54, 1.807) is 12.1 Å². The number of hydrogen-bond acceptors (Lipinski definition) is 2. The van der Waals surface area contributed by atoms with Gasteiger partial charge in [-0.1, -0.05) is 54.2 Å². The van der Waals surface area contributed by atoms with Crippen LogP contribution in [-0.2, 0) is 0 Å². The first-order valence-electron chi connectivity index (χ1n) is 6.65. The van der Waals surface area contributed by atoms with Crippen LogP contribution in [0.25, 0.3) is 10.8 Å².